The predicted molar refractivity (Wildman–Crippen MR) is 85.9 cm³/mol. The minimum absolute atomic E-state index is 0.292. The van der Waals surface area contributed by atoms with Crippen LogP contribution >= 0.6 is 11.3 Å². The number of nitrogens with zero attached hydrogens (tertiary/aromatic N) is 2. The zero-order valence-electron chi connectivity index (χ0n) is 12.9. The fourth-order valence-corrected chi connectivity index (χ4v) is 3.12. The SMILES string of the molecule is CCOC(=O)c1sc(NC(=O)c2cc3occc3n2C)nc1C. The maximum Gasteiger partial charge on any atom is 0.350 e. The summed E-state index contributed by atoms with van der Waals surface area (Å²) in [6.45, 7) is 3.73. The summed E-state index contributed by atoms with van der Waals surface area (Å²) < 4.78 is 12.0. The summed E-state index contributed by atoms with van der Waals surface area (Å²) in [5.74, 6) is -0.748. The van der Waals surface area contributed by atoms with Gasteiger partial charge in [-0.15, -0.1) is 0 Å². The molecule has 3 heterocycles. The summed E-state index contributed by atoms with van der Waals surface area (Å²) in [7, 11) is 1.78. The molecule has 120 valence electrons. The van der Waals surface area contributed by atoms with Crippen LogP contribution < -0.4 is 5.32 Å². The number of ether oxygens (including phenoxy) is 1. The first kappa shape index (κ1) is 15.3. The van der Waals surface area contributed by atoms with Crippen LogP contribution in [0.2, 0.25) is 0 Å². The van der Waals surface area contributed by atoms with E-state index >= 15 is 0 Å². The lowest BCUT2D eigenvalue weighted by atomic mass is 10.4. The van der Waals surface area contributed by atoms with Gasteiger partial charge in [0.15, 0.2) is 10.7 Å². The van der Waals surface area contributed by atoms with E-state index in [-0.39, 0.29) is 5.91 Å². The number of hydrogen-bond donors (Lipinski definition) is 1. The number of thiazole rings is 1. The molecule has 0 atom stereocenters. The van der Waals surface area contributed by atoms with E-state index in [1.165, 1.54) is 0 Å². The van der Waals surface area contributed by atoms with E-state index in [0.717, 1.165) is 16.9 Å². The third kappa shape index (κ3) is 2.72. The molecule has 0 aliphatic heterocycles. The highest BCUT2D eigenvalue weighted by atomic mass is 32.1. The van der Waals surface area contributed by atoms with E-state index in [1.54, 1.807) is 43.9 Å². The second kappa shape index (κ2) is 5.88. The normalized spacial score (nSPS) is 10.9. The fourth-order valence-electron chi connectivity index (χ4n) is 2.27. The molecule has 0 unspecified atom stereocenters. The molecule has 1 N–H and O–H groups in total. The Bertz CT molecular complexity index is 890. The Morgan fingerprint density at radius 1 is 1.48 bits per heavy atom. The Hall–Kier alpha value is -2.61. The number of esters is 1. The van der Waals surface area contributed by atoms with Crippen molar-refractivity contribution in [3.63, 3.8) is 0 Å². The Labute approximate surface area is 135 Å². The van der Waals surface area contributed by atoms with Gasteiger partial charge in [-0.05, 0) is 13.8 Å². The van der Waals surface area contributed by atoms with Crippen LogP contribution in [-0.4, -0.2) is 28.0 Å². The maximum atomic E-state index is 12.4. The van der Waals surface area contributed by atoms with Crippen molar-refractivity contribution >= 4 is 39.4 Å². The lowest BCUT2D eigenvalue weighted by Crippen LogP contribution is -2.15. The smallest absolute Gasteiger partial charge is 0.350 e. The third-order valence-electron chi connectivity index (χ3n) is 3.37. The van der Waals surface area contributed by atoms with Gasteiger partial charge >= 0.3 is 5.97 Å². The molecular formula is C15H15N3O4S. The second-order valence-electron chi connectivity index (χ2n) is 4.87. The average molecular weight is 333 g/mol. The molecule has 0 radical (unpaired) electrons. The number of nitrogens with one attached hydrogen (secondary N) is 1. The third-order valence-corrected chi connectivity index (χ3v) is 4.43. The number of carbonyl (C=O) groups excluding carboxylic acids is 2. The van der Waals surface area contributed by atoms with Gasteiger partial charge in [0.1, 0.15) is 10.6 Å². The van der Waals surface area contributed by atoms with Crippen molar-refractivity contribution in [3.05, 3.63) is 34.7 Å². The second-order valence-corrected chi connectivity index (χ2v) is 5.87. The molecular weight excluding hydrogens is 318 g/mol. The van der Waals surface area contributed by atoms with Crippen LogP contribution in [0.4, 0.5) is 5.13 Å². The molecule has 0 spiro atoms. The summed E-state index contributed by atoms with van der Waals surface area (Å²) in [5, 5.41) is 3.06. The number of carbonyl (C=O) groups is 2. The number of amides is 1. The van der Waals surface area contributed by atoms with Gasteiger partial charge in [-0.3, -0.25) is 10.1 Å². The molecule has 0 aromatic carbocycles. The maximum absolute atomic E-state index is 12.4. The molecule has 0 aliphatic carbocycles. The van der Waals surface area contributed by atoms with Gasteiger partial charge in [-0.1, -0.05) is 11.3 Å². The highest BCUT2D eigenvalue weighted by molar-refractivity contribution is 7.17. The van der Waals surface area contributed by atoms with Crippen molar-refractivity contribution in [2.45, 2.75) is 13.8 Å². The molecule has 0 bridgehead atoms. The van der Waals surface area contributed by atoms with Gasteiger partial charge < -0.3 is 13.7 Å². The zero-order chi connectivity index (χ0) is 16.6. The van der Waals surface area contributed by atoms with Crippen molar-refractivity contribution in [2.75, 3.05) is 11.9 Å². The Kier molecular flexibility index (Phi) is 3.91. The van der Waals surface area contributed by atoms with Crippen LogP contribution in [0.25, 0.3) is 11.1 Å². The zero-order valence-corrected chi connectivity index (χ0v) is 13.7. The highest BCUT2D eigenvalue weighted by Gasteiger charge is 2.20. The first-order valence-electron chi connectivity index (χ1n) is 7.00. The van der Waals surface area contributed by atoms with Gasteiger partial charge in [0.2, 0.25) is 0 Å². The first-order valence-corrected chi connectivity index (χ1v) is 7.81. The van der Waals surface area contributed by atoms with Gasteiger partial charge in [0, 0.05) is 19.2 Å². The first-order chi connectivity index (χ1) is 11.0. The summed E-state index contributed by atoms with van der Waals surface area (Å²) >= 11 is 1.10. The van der Waals surface area contributed by atoms with Crippen LogP contribution in [-0.2, 0) is 11.8 Å². The van der Waals surface area contributed by atoms with Gasteiger partial charge in [-0.25, -0.2) is 9.78 Å². The number of rotatable bonds is 4. The molecule has 1 amide bonds. The largest absolute Gasteiger partial charge is 0.463 e. The van der Waals surface area contributed by atoms with Crippen LogP contribution in [0.3, 0.4) is 0 Å². The highest BCUT2D eigenvalue weighted by Crippen LogP contribution is 2.25. The molecule has 0 saturated carbocycles. The van der Waals surface area contributed by atoms with Crippen molar-refractivity contribution in [3.8, 4) is 0 Å². The molecule has 8 heteroatoms. The molecule has 3 rings (SSSR count). The predicted octanol–water partition coefficient (Wildman–Crippen LogP) is 2.97. The molecule has 23 heavy (non-hydrogen) atoms. The van der Waals surface area contributed by atoms with Crippen LogP contribution in [0.5, 0.6) is 0 Å². The molecule has 3 aromatic rings. The van der Waals surface area contributed by atoms with E-state index in [4.69, 9.17) is 9.15 Å². The van der Waals surface area contributed by atoms with Gasteiger partial charge in [0.25, 0.3) is 5.91 Å². The van der Waals surface area contributed by atoms with E-state index < -0.39 is 5.97 Å². The van der Waals surface area contributed by atoms with Crippen LogP contribution in [0, 0.1) is 6.92 Å². The molecule has 0 fully saturated rings. The van der Waals surface area contributed by atoms with Crippen molar-refractivity contribution < 1.29 is 18.7 Å². The molecule has 7 nitrogen and oxygen atoms in total. The van der Waals surface area contributed by atoms with Gasteiger partial charge in [-0.2, -0.15) is 0 Å². The Morgan fingerprint density at radius 3 is 2.96 bits per heavy atom. The van der Waals surface area contributed by atoms with Crippen molar-refractivity contribution in [2.24, 2.45) is 7.05 Å². The van der Waals surface area contributed by atoms with Crippen molar-refractivity contribution in [1.29, 1.82) is 0 Å². The van der Waals surface area contributed by atoms with E-state index in [9.17, 15) is 9.59 Å². The average Bonchev–Trinajstić information content (AvgIpc) is 3.16. The molecule has 3 aromatic heterocycles. The lowest BCUT2D eigenvalue weighted by Gasteiger charge is -2.03. The number of fused-ring (bicyclic) bond motifs is 1. The summed E-state index contributed by atoms with van der Waals surface area (Å²) in [5.41, 5.74) is 2.45. The van der Waals surface area contributed by atoms with Crippen LogP contribution in [0.1, 0.15) is 32.8 Å². The van der Waals surface area contributed by atoms with E-state index in [2.05, 4.69) is 10.3 Å². The van der Waals surface area contributed by atoms with Crippen molar-refractivity contribution in [1.82, 2.24) is 9.55 Å². The lowest BCUT2D eigenvalue weighted by molar-refractivity contribution is 0.0531. The monoisotopic (exact) mass is 333 g/mol. The molecule has 0 aliphatic rings. The summed E-state index contributed by atoms with van der Waals surface area (Å²) in [6, 6.07) is 3.45. The topological polar surface area (TPSA) is 86.4 Å². The summed E-state index contributed by atoms with van der Waals surface area (Å²) in [4.78, 5) is 28.8. The van der Waals surface area contributed by atoms with E-state index in [1.807, 2.05) is 0 Å². The fraction of sp³-hybridized carbons (Fsp3) is 0.267. The van der Waals surface area contributed by atoms with Gasteiger partial charge in [0.05, 0.1) is 24.1 Å². The minimum atomic E-state index is -0.431. The Balaban J connectivity index is 1.83. The van der Waals surface area contributed by atoms with Crippen LogP contribution in [0.15, 0.2) is 22.8 Å². The minimum Gasteiger partial charge on any atom is -0.463 e. The Morgan fingerprint density at radius 2 is 2.26 bits per heavy atom. The summed E-state index contributed by atoms with van der Waals surface area (Å²) in [6.07, 6.45) is 1.57. The number of anilines is 1. The quantitative estimate of drug-likeness (QED) is 0.742. The number of aromatic nitrogens is 2. The molecule has 0 saturated heterocycles. The number of hydrogen-bond acceptors (Lipinski definition) is 6. The van der Waals surface area contributed by atoms with E-state index in [0.29, 0.717) is 33.6 Å². The number of furan rings is 1. The standard InChI is InChI=1S/C15H15N3O4S/c1-4-21-14(20)12-8(2)16-15(23-12)17-13(19)10-7-11-9(18(10)3)5-6-22-11/h5-7H,4H2,1-3H3,(H,16,17,19). The number of aryl methyl sites for hydroxylation is 2.